The Labute approximate surface area is 113 Å². The van der Waals surface area contributed by atoms with E-state index in [4.69, 9.17) is 0 Å². The Morgan fingerprint density at radius 2 is 1.06 bits per heavy atom. The molecule has 0 unspecified atom stereocenters. The van der Waals surface area contributed by atoms with Crippen LogP contribution in [0.2, 0.25) is 0 Å². The molecular weight excluding hydrogens is 220 g/mol. The molecule has 0 saturated heterocycles. The molecule has 1 aromatic carbocycles. The van der Waals surface area contributed by atoms with Crippen molar-refractivity contribution >= 4 is 0 Å². The monoisotopic (exact) mass is 250 g/mol. The molecular formula is C17H30O. The zero-order chi connectivity index (χ0) is 14.1. The van der Waals surface area contributed by atoms with Crippen LogP contribution in [0, 0.1) is 25.7 Å². The maximum atomic E-state index is 9.39. The molecule has 0 aliphatic heterocycles. The number of rotatable bonds is 4. The predicted octanol–water partition coefficient (Wildman–Crippen LogP) is 4.74. The molecule has 18 heavy (non-hydrogen) atoms. The van der Waals surface area contributed by atoms with Crippen molar-refractivity contribution in [1.29, 1.82) is 0 Å². The first kappa shape index (κ1) is 17.2. The molecule has 0 aromatic heterocycles. The molecule has 1 heteroatoms. The van der Waals surface area contributed by atoms with Crippen molar-refractivity contribution in [2.24, 2.45) is 11.8 Å². The molecule has 1 nitrogen and oxygen atoms in total. The molecule has 1 rings (SSSR count). The molecule has 0 heterocycles. The van der Waals surface area contributed by atoms with Gasteiger partial charge >= 0.3 is 0 Å². The van der Waals surface area contributed by atoms with Gasteiger partial charge in [-0.05, 0) is 38.5 Å². The van der Waals surface area contributed by atoms with Gasteiger partial charge in [0.25, 0.3) is 0 Å². The van der Waals surface area contributed by atoms with E-state index in [2.05, 4.69) is 65.8 Å². The van der Waals surface area contributed by atoms with Gasteiger partial charge in [0.05, 0.1) is 6.10 Å². The first-order valence-corrected chi connectivity index (χ1v) is 7.02. The van der Waals surface area contributed by atoms with Crippen molar-refractivity contribution in [3.63, 3.8) is 0 Å². The van der Waals surface area contributed by atoms with Crippen LogP contribution in [0.25, 0.3) is 0 Å². The van der Waals surface area contributed by atoms with Gasteiger partial charge in [-0.1, -0.05) is 63.1 Å². The molecule has 0 aliphatic rings. The van der Waals surface area contributed by atoms with Gasteiger partial charge in [-0.2, -0.15) is 0 Å². The first-order valence-electron chi connectivity index (χ1n) is 7.02. The quantitative estimate of drug-likeness (QED) is 0.818. The van der Waals surface area contributed by atoms with Gasteiger partial charge in [-0.3, -0.25) is 0 Å². The lowest BCUT2D eigenvalue weighted by atomic mass is 9.98. The van der Waals surface area contributed by atoms with Crippen LogP contribution in [0.4, 0.5) is 0 Å². The number of aliphatic hydroxyl groups is 1. The summed E-state index contributed by atoms with van der Waals surface area (Å²) in [6.45, 7) is 12.8. The fourth-order valence-corrected chi connectivity index (χ4v) is 1.82. The molecule has 1 aromatic rings. The van der Waals surface area contributed by atoms with Gasteiger partial charge in [0.1, 0.15) is 0 Å². The maximum absolute atomic E-state index is 9.39. The van der Waals surface area contributed by atoms with E-state index in [9.17, 15) is 5.11 Å². The van der Waals surface area contributed by atoms with Crippen LogP contribution in [0.1, 0.15) is 51.7 Å². The molecule has 0 fully saturated rings. The minimum atomic E-state index is -0.0833. The Bertz CT molecular complexity index is 267. The Morgan fingerprint density at radius 3 is 1.28 bits per heavy atom. The lowest BCUT2D eigenvalue weighted by Gasteiger charge is -2.14. The lowest BCUT2D eigenvalue weighted by molar-refractivity contribution is 0.125. The third kappa shape index (κ3) is 10.3. The molecule has 0 bridgehead atoms. The average molecular weight is 250 g/mol. The van der Waals surface area contributed by atoms with Crippen LogP contribution in [-0.4, -0.2) is 11.2 Å². The van der Waals surface area contributed by atoms with Gasteiger partial charge in [0.2, 0.25) is 0 Å². The largest absolute Gasteiger partial charge is 0.393 e. The van der Waals surface area contributed by atoms with E-state index in [1.54, 1.807) is 0 Å². The van der Waals surface area contributed by atoms with Gasteiger partial charge in [0.15, 0.2) is 0 Å². The van der Waals surface area contributed by atoms with Crippen molar-refractivity contribution in [2.45, 2.75) is 60.5 Å². The van der Waals surface area contributed by atoms with Crippen LogP contribution in [-0.2, 0) is 0 Å². The fraction of sp³-hybridized carbons (Fsp3) is 0.647. The van der Waals surface area contributed by atoms with E-state index < -0.39 is 0 Å². The Balaban J connectivity index is 0.000000327. The number of hydrogen-bond donors (Lipinski definition) is 1. The summed E-state index contributed by atoms with van der Waals surface area (Å²) in [6, 6.07) is 8.48. The molecule has 0 amide bonds. The van der Waals surface area contributed by atoms with E-state index in [1.807, 2.05) is 0 Å². The van der Waals surface area contributed by atoms with E-state index in [1.165, 1.54) is 11.1 Å². The summed E-state index contributed by atoms with van der Waals surface area (Å²) >= 11 is 0. The Kier molecular flexibility index (Phi) is 8.74. The molecule has 1 N–H and O–H groups in total. The van der Waals surface area contributed by atoms with Gasteiger partial charge in [-0.25, -0.2) is 0 Å². The summed E-state index contributed by atoms with van der Waals surface area (Å²) in [4.78, 5) is 0. The second-order valence-electron chi connectivity index (χ2n) is 6.07. The Hall–Kier alpha value is -0.820. The smallest absolute Gasteiger partial charge is 0.0545 e. The lowest BCUT2D eigenvalue weighted by Crippen LogP contribution is -2.12. The zero-order valence-electron chi connectivity index (χ0n) is 12.9. The molecule has 0 aliphatic carbocycles. The topological polar surface area (TPSA) is 20.2 Å². The van der Waals surface area contributed by atoms with Crippen molar-refractivity contribution in [3.8, 4) is 0 Å². The maximum Gasteiger partial charge on any atom is 0.0545 e. The van der Waals surface area contributed by atoms with Gasteiger partial charge in [0, 0.05) is 0 Å². The van der Waals surface area contributed by atoms with Gasteiger partial charge < -0.3 is 5.11 Å². The molecule has 0 radical (unpaired) electrons. The number of benzene rings is 1. The highest BCUT2D eigenvalue weighted by Gasteiger charge is 2.07. The highest BCUT2D eigenvalue weighted by atomic mass is 16.3. The molecule has 0 saturated carbocycles. The normalized spacial score (nSPS) is 10.8. The summed E-state index contributed by atoms with van der Waals surface area (Å²) < 4.78 is 0. The van der Waals surface area contributed by atoms with Crippen LogP contribution < -0.4 is 0 Å². The van der Waals surface area contributed by atoms with Crippen molar-refractivity contribution < 1.29 is 5.11 Å². The van der Waals surface area contributed by atoms with Crippen LogP contribution in [0.3, 0.4) is 0 Å². The summed E-state index contributed by atoms with van der Waals surface area (Å²) in [5, 5.41) is 9.39. The van der Waals surface area contributed by atoms with Crippen molar-refractivity contribution in [2.75, 3.05) is 0 Å². The average Bonchev–Trinajstić information content (AvgIpc) is 2.21. The van der Waals surface area contributed by atoms with Crippen LogP contribution in [0.5, 0.6) is 0 Å². The summed E-state index contributed by atoms with van der Waals surface area (Å²) in [7, 11) is 0. The highest BCUT2D eigenvalue weighted by Crippen LogP contribution is 2.12. The number of aliphatic hydroxyl groups excluding tert-OH is 1. The first-order chi connectivity index (χ1) is 8.31. The van der Waals surface area contributed by atoms with E-state index in [-0.39, 0.29) is 6.10 Å². The van der Waals surface area contributed by atoms with Gasteiger partial charge in [-0.15, -0.1) is 0 Å². The second-order valence-corrected chi connectivity index (χ2v) is 6.07. The third-order valence-electron chi connectivity index (χ3n) is 2.71. The molecule has 0 spiro atoms. The molecule has 104 valence electrons. The minimum absolute atomic E-state index is 0.0833. The number of aryl methyl sites for hydroxylation is 2. The summed E-state index contributed by atoms with van der Waals surface area (Å²) in [6.07, 6.45) is 1.80. The summed E-state index contributed by atoms with van der Waals surface area (Å²) in [5.74, 6) is 1.24. The standard InChI is InChI=1S/C9H20O.C8H10/c1-7(2)5-9(10)6-8(3)4;1-7-3-5-8(2)6-4-7/h7-10H,5-6H2,1-4H3;3-6H,1-2H3. The van der Waals surface area contributed by atoms with Crippen LogP contribution in [0.15, 0.2) is 24.3 Å². The van der Waals surface area contributed by atoms with E-state index in [0.717, 1.165) is 12.8 Å². The Morgan fingerprint density at radius 1 is 0.778 bits per heavy atom. The van der Waals surface area contributed by atoms with E-state index in [0.29, 0.717) is 11.8 Å². The SMILES string of the molecule is CC(C)CC(O)CC(C)C.Cc1ccc(C)cc1. The van der Waals surface area contributed by atoms with E-state index >= 15 is 0 Å². The zero-order valence-corrected chi connectivity index (χ0v) is 12.9. The number of hydrogen-bond acceptors (Lipinski definition) is 1. The highest BCUT2D eigenvalue weighted by molar-refractivity contribution is 5.19. The predicted molar refractivity (Wildman–Crippen MR) is 80.8 cm³/mol. The third-order valence-corrected chi connectivity index (χ3v) is 2.71. The summed E-state index contributed by atoms with van der Waals surface area (Å²) in [5.41, 5.74) is 2.66. The second kappa shape index (κ2) is 9.16. The fourth-order valence-electron chi connectivity index (χ4n) is 1.82. The minimum Gasteiger partial charge on any atom is -0.393 e. The van der Waals surface area contributed by atoms with Crippen molar-refractivity contribution in [1.82, 2.24) is 0 Å². The van der Waals surface area contributed by atoms with Crippen molar-refractivity contribution in [3.05, 3.63) is 35.4 Å². The molecule has 0 atom stereocenters. The van der Waals surface area contributed by atoms with Crippen LogP contribution >= 0.6 is 0 Å².